The van der Waals surface area contributed by atoms with Crippen LogP contribution in [0, 0.1) is 11.8 Å². The molecule has 0 heterocycles. The van der Waals surface area contributed by atoms with Crippen molar-refractivity contribution in [2.75, 3.05) is 13.2 Å². The second-order valence-electron chi connectivity index (χ2n) is 17.3. The highest BCUT2D eigenvalue weighted by Crippen LogP contribution is 2.17. The first-order valence-electron chi connectivity index (χ1n) is 23.7. The Bertz CT molecular complexity index is 824. The van der Waals surface area contributed by atoms with Crippen LogP contribution in [0.1, 0.15) is 259 Å². The molecule has 320 valence electrons. The summed E-state index contributed by atoms with van der Waals surface area (Å²) in [5.41, 5.74) is 0. The predicted molar refractivity (Wildman–Crippen MR) is 229 cm³/mol. The minimum atomic E-state index is -0.760. The first kappa shape index (κ1) is 52.4. The Morgan fingerprint density at radius 1 is 0.352 bits per heavy atom. The topological polar surface area (TPSA) is 78.9 Å². The lowest BCUT2D eigenvalue weighted by Gasteiger charge is -2.18. The van der Waals surface area contributed by atoms with Crippen LogP contribution >= 0.6 is 0 Å². The molecule has 0 spiro atoms. The van der Waals surface area contributed by atoms with Gasteiger partial charge in [-0.2, -0.15) is 0 Å². The Hall–Kier alpha value is -1.59. The zero-order valence-electron chi connectivity index (χ0n) is 36.8. The first-order chi connectivity index (χ1) is 26.2. The van der Waals surface area contributed by atoms with Crippen LogP contribution in [0.3, 0.4) is 0 Å². The molecule has 0 aromatic heterocycles. The van der Waals surface area contributed by atoms with Crippen molar-refractivity contribution in [2.45, 2.75) is 265 Å². The maximum absolute atomic E-state index is 12.7. The molecule has 0 aromatic rings. The summed E-state index contributed by atoms with van der Waals surface area (Å²) in [6, 6.07) is 0. The summed E-state index contributed by atoms with van der Waals surface area (Å²) in [6.45, 7) is 11.3. The van der Waals surface area contributed by atoms with Gasteiger partial charge in [0.05, 0.1) is 0 Å². The summed E-state index contributed by atoms with van der Waals surface area (Å²) < 4.78 is 16.7. The van der Waals surface area contributed by atoms with Crippen LogP contribution in [0.25, 0.3) is 0 Å². The zero-order valence-corrected chi connectivity index (χ0v) is 36.8. The molecule has 0 aromatic carbocycles. The van der Waals surface area contributed by atoms with Crippen molar-refractivity contribution in [2.24, 2.45) is 11.8 Å². The molecule has 0 N–H and O–H groups in total. The quantitative estimate of drug-likeness (QED) is 0.0350. The van der Waals surface area contributed by atoms with E-state index in [4.69, 9.17) is 14.2 Å². The van der Waals surface area contributed by atoms with Crippen molar-refractivity contribution in [1.82, 2.24) is 0 Å². The highest BCUT2D eigenvalue weighted by Gasteiger charge is 2.19. The van der Waals surface area contributed by atoms with E-state index in [1.807, 2.05) is 0 Å². The minimum Gasteiger partial charge on any atom is -0.462 e. The normalized spacial score (nSPS) is 12.1. The molecule has 0 saturated heterocycles. The molecule has 0 amide bonds. The van der Waals surface area contributed by atoms with Gasteiger partial charge in [0.2, 0.25) is 0 Å². The van der Waals surface area contributed by atoms with E-state index in [2.05, 4.69) is 34.6 Å². The molecule has 0 unspecified atom stereocenters. The summed E-state index contributed by atoms with van der Waals surface area (Å²) in [5.74, 6) is 0.777. The zero-order chi connectivity index (χ0) is 39.7. The molecule has 0 bridgehead atoms. The first-order valence-corrected chi connectivity index (χ1v) is 23.7. The maximum atomic E-state index is 12.7. The molecule has 0 saturated carbocycles. The molecule has 1 atom stereocenters. The highest BCUT2D eigenvalue weighted by atomic mass is 16.6. The SMILES string of the molecule is CCCCCCCCCCCCC(=O)OC[C@@H](COC(=O)CCCCCCCCCCCC(C)C)OC(=O)CCCCCCCCCCCCCC(C)C. The number of rotatable bonds is 42. The van der Waals surface area contributed by atoms with Crippen molar-refractivity contribution < 1.29 is 28.6 Å². The molecule has 54 heavy (non-hydrogen) atoms. The van der Waals surface area contributed by atoms with Gasteiger partial charge in [0.25, 0.3) is 0 Å². The van der Waals surface area contributed by atoms with Crippen LogP contribution < -0.4 is 0 Å². The fourth-order valence-electron chi connectivity index (χ4n) is 7.11. The number of ether oxygens (including phenoxy) is 3. The van der Waals surface area contributed by atoms with E-state index in [-0.39, 0.29) is 31.1 Å². The summed E-state index contributed by atoms with van der Waals surface area (Å²) in [6.07, 6.45) is 39.4. The number of hydrogen-bond donors (Lipinski definition) is 0. The van der Waals surface area contributed by atoms with Crippen LogP contribution in [0.2, 0.25) is 0 Å². The van der Waals surface area contributed by atoms with Crippen LogP contribution in [-0.4, -0.2) is 37.2 Å². The van der Waals surface area contributed by atoms with Crippen molar-refractivity contribution in [3.8, 4) is 0 Å². The van der Waals surface area contributed by atoms with Crippen molar-refractivity contribution in [3.05, 3.63) is 0 Å². The Morgan fingerprint density at radius 3 is 0.907 bits per heavy atom. The average molecular weight is 765 g/mol. The van der Waals surface area contributed by atoms with Crippen molar-refractivity contribution in [3.63, 3.8) is 0 Å². The van der Waals surface area contributed by atoms with E-state index in [1.165, 1.54) is 148 Å². The van der Waals surface area contributed by atoms with E-state index >= 15 is 0 Å². The number of carbonyl (C=O) groups is 3. The van der Waals surface area contributed by atoms with E-state index in [0.29, 0.717) is 19.3 Å². The second kappa shape index (κ2) is 41.1. The van der Waals surface area contributed by atoms with Crippen LogP contribution in [0.4, 0.5) is 0 Å². The van der Waals surface area contributed by atoms with Gasteiger partial charge >= 0.3 is 17.9 Å². The Balaban J connectivity index is 4.33. The monoisotopic (exact) mass is 765 g/mol. The molecule has 0 rings (SSSR count). The third kappa shape index (κ3) is 41.6. The lowest BCUT2D eigenvalue weighted by Crippen LogP contribution is -2.30. The third-order valence-electron chi connectivity index (χ3n) is 10.7. The minimum absolute atomic E-state index is 0.0647. The third-order valence-corrected chi connectivity index (χ3v) is 10.7. The fraction of sp³-hybridized carbons (Fsp3) is 0.938. The smallest absolute Gasteiger partial charge is 0.306 e. The molecular formula is C48H92O6. The lowest BCUT2D eigenvalue weighted by atomic mass is 10.0. The summed E-state index contributed by atoms with van der Waals surface area (Å²) in [4.78, 5) is 37.7. The number of esters is 3. The Morgan fingerprint density at radius 2 is 0.611 bits per heavy atom. The molecule has 0 aliphatic heterocycles. The summed E-state index contributed by atoms with van der Waals surface area (Å²) in [7, 11) is 0. The van der Waals surface area contributed by atoms with Crippen molar-refractivity contribution >= 4 is 17.9 Å². The summed E-state index contributed by atoms with van der Waals surface area (Å²) in [5, 5.41) is 0. The van der Waals surface area contributed by atoms with Gasteiger partial charge in [0.1, 0.15) is 13.2 Å². The van der Waals surface area contributed by atoms with Gasteiger partial charge in [0, 0.05) is 19.3 Å². The van der Waals surface area contributed by atoms with Gasteiger partial charge in [-0.15, -0.1) is 0 Å². The Labute approximate surface area is 336 Å². The maximum Gasteiger partial charge on any atom is 0.306 e. The molecule has 6 heteroatoms. The van der Waals surface area contributed by atoms with Gasteiger partial charge in [-0.1, -0.05) is 221 Å². The van der Waals surface area contributed by atoms with Crippen LogP contribution in [0.15, 0.2) is 0 Å². The van der Waals surface area contributed by atoms with Crippen LogP contribution in [-0.2, 0) is 28.6 Å². The largest absolute Gasteiger partial charge is 0.462 e. The van der Waals surface area contributed by atoms with Crippen molar-refractivity contribution in [1.29, 1.82) is 0 Å². The Kier molecular flexibility index (Phi) is 39.8. The van der Waals surface area contributed by atoms with E-state index in [0.717, 1.165) is 69.6 Å². The molecule has 6 nitrogen and oxygen atoms in total. The molecule has 0 aliphatic rings. The van der Waals surface area contributed by atoms with Gasteiger partial charge < -0.3 is 14.2 Å². The van der Waals surface area contributed by atoms with Gasteiger partial charge in [-0.3, -0.25) is 14.4 Å². The van der Waals surface area contributed by atoms with Crippen LogP contribution in [0.5, 0.6) is 0 Å². The van der Waals surface area contributed by atoms with E-state index < -0.39 is 6.10 Å². The van der Waals surface area contributed by atoms with Gasteiger partial charge in [0.15, 0.2) is 6.10 Å². The van der Waals surface area contributed by atoms with Gasteiger partial charge in [-0.25, -0.2) is 0 Å². The lowest BCUT2D eigenvalue weighted by molar-refractivity contribution is -0.167. The van der Waals surface area contributed by atoms with E-state index in [1.54, 1.807) is 0 Å². The summed E-state index contributed by atoms with van der Waals surface area (Å²) >= 11 is 0. The predicted octanol–water partition coefficient (Wildman–Crippen LogP) is 15.0. The molecular weight excluding hydrogens is 673 g/mol. The average Bonchev–Trinajstić information content (AvgIpc) is 3.14. The molecule has 0 aliphatic carbocycles. The van der Waals surface area contributed by atoms with E-state index in [9.17, 15) is 14.4 Å². The number of hydrogen-bond acceptors (Lipinski definition) is 6. The number of unbranched alkanes of at least 4 members (excludes halogenated alkanes) is 27. The fourth-order valence-corrected chi connectivity index (χ4v) is 7.11. The van der Waals surface area contributed by atoms with Gasteiger partial charge in [-0.05, 0) is 31.1 Å². The highest BCUT2D eigenvalue weighted by molar-refractivity contribution is 5.71. The second-order valence-corrected chi connectivity index (χ2v) is 17.3. The standard InChI is InChI=1S/C48H92O6/c1-6-7-8-9-10-11-18-23-28-33-38-46(49)52-41-45(42-53-47(50)39-34-29-24-20-15-17-22-27-32-37-44(4)5)54-48(51)40-35-30-25-19-14-12-13-16-21-26-31-36-43(2)3/h43-45H,6-42H2,1-5H3/t45-/m0/s1. The number of carbonyl (C=O) groups excluding carboxylic acids is 3. The molecule has 0 radical (unpaired) electrons. The molecule has 0 fully saturated rings.